The lowest BCUT2D eigenvalue weighted by Crippen LogP contribution is -2.34. The van der Waals surface area contributed by atoms with Gasteiger partial charge in [-0.25, -0.2) is 9.79 Å². The first-order valence-electron chi connectivity index (χ1n) is 11.2. The van der Waals surface area contributed by atoms with Gasteiger partial charge >= 0.3 is 5.97 Å². The fraction of sp³-hybridized carbons (Fsp3) is 0.148. The number of ether oxygens (including phenoxy) is 1. The van der Waals surface area contributed by atoms with Gasteiger partial charge in [-0.3, -0.25) is 4.79 Å². The summed E-state index contributed by atoms with van der Waals surface area (Å²) in [6, 6.07) is 20.4. The van der Waals surface area contributed by atoms with E-state index < -0.39 is 5.97 Å². The number of fused-ring (bicyclic) bond motifs is 2. The number of aromatic amines is 1. The van der Waals surface area contributed by atoms with Gasteiger partial charge in [0.15, 0.2) is 5.88 Å². The average Bonchev–Trinajstić information content (AvgIpc) is 3.46. The molecule has 0 saturated heterocycles. The number of amides is 1. The van der Waals surface area contributed by atoms with Crippen LogP contribution in [0.2, 0.25) is 0 Å². The first-order valence-corrected chi connectivity index (χ1v) is 11.2. The second kappa shape index (κ2) is 9.08. The standard InChI is InChI=1S/C27H24N4O4/c1-35-27(34)18-7-9-20-21(14-18)30-26(33)24(20)25(16-5-3-2-4-6-16)29-19-8-10-22-17(13-19)11-12-31(22)23(32)15-28/h2-10,13-14,30,33H,11-12,15,28H2,1H3. The number of esters is 1. The molecule has 0 bridgehead atoms. The summed E-state index contributed by atoms with van der Waals surface area (Å²) in [5.41, 5.74) is 11.0. The Morgan fingerprint density at radius 2 is 1.89 bits per heavy atom. The quantitative estimate of drug-likeness (QED) is 0.305. The van der Waals surface area contributed by atoms with Crippen LogP contribution in [0.25, 0.3) is 10.9 Å². The molecule has 8 heteroatoms. The molecule has 0 saturated carbocycles. The van der Waals surface area contributed by atoms with E-state index in [-0.39, 0.29) is 18.3 Å². The number of methoxy groups -OCH3 is 1. The number of benzene rings is 3. The number of nitrogens with two attached hydrogens (primary N) is 1. The van der Waals surface area contributed by atoms with Gasteiger partial charge in [0.25, 0.3) is 0 Å². The Balaban J connectivity index is 1.64. The van der Waals surface area contributed by atoms with Crippen LogP contribution in [0.4, 0.5) is 11.4 Å². The van der Waals surface area contributed by atoms with Crippen molar-refractivity contribution >= 4 is 39.9 Å². The highest BCUT2D eigenvalue weighted by atomic mass is 16.5. The summed E-state index contributed by atoms with van der Waals surface area (Å²) in [7, 11) is 1.33. The summed E-state index contributed by atoms with van der Waals surface area (Å²) in [4.78, 5) is 33.7. The second-order valence-electron chi connectivity index (χ2n) is 8.24. The van der Waals surface area contributed by atoms with Crippen molar-refractivity contribution in [2.45, 2.75) is 6.42 Å². The topological polar surface area (TPSA) is 121 Å². The number of carbonyl (C=O) groups excluding carboxylic acids is 2. The van der Waals surface area contributed by atoms with Crippen molar-refractivity contribution < 1.29 is 19.4 Å². The van der Waals surface area contributed by atoms with Crippen LogP contribution in [-0.2, 0) is 16.0 Å². The number of H-pyrrole nitrogens is 1. The highest BCUT2D eigenvalue weighted by molar-refractivity contribution is 6.22. The van der Waals surface area contributed by atoms with Crippen molar-refractivity contribution in [3.63, 3.8) is 0 Å². The number of aliphatic imine (C=N–C) groups is 1. The van der Waals surface area contributed by atoms with Crippen LogP contribution in [0.15, 0.2) is 71.7 Å². The molecule has 0 unspecified atom stereocenters. The molecular weight excluding hydrogens is 444 g/mol. The first-order chi connectivity index (χ1) is 17.0. The van der Waals surface area contributed by atoms with E-state index in [9.17, 15) is 14.7 Å². The molecule has 1 aromatic heterocycles. The third-order valence-electron chi connectivity index (χ3n) is 6.16. The first kappa shape index (κ1) is 22.4. The van der Waals surface area contributed by atoms with Crippen LogP contribution in [0, 0.1) is 0 Å². The summed E-state index contributed by atoms with van der Waals surface area (Å²) in [6.45, 7) is 0.560. The number of nitrogens with one attached hydrogen (secondary N) is 1. The molecule has 0 aliphatic carbocycles. The predicted molar refractivity (Wildman–Crippen MR) is 135 cm³/mol. The Hall–Kier alpha value is -4.43. The zero-order valence-corrected chi connectivity index (χ0v) is 19.1. The summed E-state index contributed by atoms with van der Waals surface area (Å²) in [6.07, 6.45) is 0.722. The minimum atomic E-state index is -0.459. The molecule has 1 aliphatic rings. The van der Waals surface area contributed by atoms with Gasteiger partial charge in [0, 0.05) is 28.7 Å². The van der Waals surface area contributed by atoms with Crippen LogP contribution in [0.3, 0.4) is 0 Å². The maximum atomic E-state index is 12.1. The number of carbonyl (C=O) groups is 2. The maximum absolute atomic E-state index is 12.1. The predicted octanol–water partition coefficient (Wildman–Crippen LogP) is 3.68. The van der Waals surface area contributed by atoms with Crippen molar-refractivity contribution in [1.29, 1.82) is 0 Å². The average molecular weight is 469 g/mol. The molecule has 8 nitrogen and oxygen atoms in total. The van der Waals surface area contributed by atoms with Crippen LogP contribution in [-0.4, -0.2) is 47.9 Å². The number of nitrogens with zero attached hydrogens (tertiary/aromatic N) is 2. The molecular formula is C27H24N4O4. The van der Waals surface area contributed by atoms with Crippen LogP contribution in [0.1, 0.15) is 27.0 Å². The number of aromatic nitrogens is 1. The number of aromatic hydroxyl groups is 1. The van der Waals surface area contributed by atoms with Crippen LogP contribution in [0.5, 0.6) is 5.88 Å². The van der Waals surface area contributed by atoms with Crippen molar-refractivity contribution in [3.8, 4) is 5.88 Å². The molecule has 5 rings (SSSR count). The number of hydrogen-bond acceptors (Lipinski definition) is 6. The van der Waals surface area contributed by atoms with Gasteiger partial charge in [0.1, 0.15) is 0 Å². The lowest BCUT2D eigenvalue weighted by atomic mass is 10.00. The fourth-order valence-electron chi connectivity index (χ4n) is 4.48. The monoisotopic (exact) mass is 468 g/mol. The third kappa shape index (κ3) is 4.04. The second-order valence-corrected chi connectivity index (χ2v) is 8.24. The zero-order chi connectivity index (χ0) is 24.5. The lowest BCUT2D eigenvalue weighted by Gasteiger charge is -2.16. The SMILES string of the molecule is COC(=O)c1ccc2c(C(=Nc3ccc4c(c3)CCN4C(=O)CN)c3ccccc3)c(O)[nH]c2c1. The fourth-order valence-corrected chi connectivity index (χ4v) is 4.48. The molecule has 176 valence electrons. The molecule has 0 spiro atoms. The van der Waals surface area contributed by atoms with E-state index in [1.54, 1.807) is 23.1 Å². The van der Waals surface area contributed by atoms with E-state index in [0.29, 0.717) is 34.6 Å². The number of hydrogen-bond donors (Lipinski definition) is 3. The van der Waals surface area contributed by atoms with Crippen LogP contribution < -0.4 is 10.6 Å². The molecule has 1 aliphatic heterocycles. The lowest BCUT2D eigenvalue weighted by molar-refractivity contribution is -0.117. The summed E-state index contributed by atoms with van der Waals surface area (Å²) >= 11 is 0. The van der Waals surface area contributed by atoms with Gasteiger partial charge in [0.2, 0.25) is 5.91 Å². The Labute approximate surface area is 201 Å². The van der Waals surface area contributed by atoms with Crippen molar-refractivity contribution in [2.75, 3.05) is 25.1 Å². The molecule has 35 heavy (non-hydrogen) atoms. The molecule has 4 N–H and O–H groups in total. The maximum Gasteiger partial charge on any atom is 0.337 e. The van der Waals surface area contributed by atoms with E-state index in [4.69, 9.17) is 15.5 Å². The summed E-state index contributed by atoms with van der Waals surface area (Å²) < 4.78 is 4.81. The van der Waals surface area contributed by atoms with E-state index in [2.05, 4.69) is 4.98 Å². The summed E-state index contributed by atoms with van der Waals surface area (Å²) in [5.74, 6) is -0.620. The Kier molecular flexibility index (Phi) is 5.80. The van der Waals surface area contributed by atoms with E-state index in [1.165, 1.54) is 7.11 Å². The highest BCUT2D eigenvalue weighted by Gasteiger charge is 2.24. The molecule has 2 heterocycles. The highest BCUT2D eigenvalue weighted by Crippen LogP contribution is 2.35. The number of rotatable bonds is 5. The molecule has 4 aromatic rings. The van der Waals surface area contributed by atoms with Crippen molar-refractivity contribution in [3.05, 3.63) is 89.0 Å². The minimum absolute atomic E-state index is 0.0327. The largest absolute Gasteiger partial charge is 0.494 e. The van der Waals surface area contributed by atoms with Gasteiger partial charge in [-0.05, 0) is 42.3 Å². The van der Waals surface area contributed by atoms with Gasteiger partial charge in [-0.15, -0.1) is 0 Å². The normalized spacial score (nSPS) is 13.2. The third-order valence-corrected chi connectivity index (χ3v) is 6.16. The Bertz CT molecular complexity index is 1470. The minimum Gasteiger partial charge on any atom is -0.494 e. The molecule has 3 aromatic carbocycles. The Morgan fingerprint density at radius 1 is 1.09 bits per heavy atom. The van der Waals surface area contributed by atoms with Gasteiger partial charge < -0.3 is 25.5 Å². The van der Waals surface area contributed by atoms with Gasteiger partial charge in [-0.1, -0.05) is 36.4 Å². The van der Waals surface area contributed by atoms with Crippen molar-refractivity contribution in [2.24, 2.45) is 10.7 Å². The molecule has 0 fully saturated rings. The molecule has 0 radical (unpaired) electrons. The van der Waals surface area contributed by atoms with Crippen LogP contribution >= 0.6 is 0 Å². The van der Waals surface area contributed by atoms with Crippen molar-refractivity contribution in [1.82, 2.24) is 4.98 Å². The van der Waals surface area contributed by atoms with E-state index >= 15 is 0 Å². The number of anilines is 1. The smallest absolute Gasteiger partial charge is 0.337 e. The summed E-state index contributed by atoms with van der Waals surface area (Å²) in [5, 5.41) is 11.6. The molecule has 0 atom stereocenters. The zero-order valence-electron chi connectivity index (χ0n) is 19.1. The van der Waals surface area contributed by atoms with Gasteiger partial charge in [0.05, 0.1) is 36.2 Å². The van der Waals surface area contributed by atoms with Gasteiger partial charge in [-0.2, -0.15) is 0 Å². The Morgan fingerprint density at radius 3 is 2.63 bits per heavy atom. The van der Waals surface area contributed by atoms with E-state index in [0.717, 1.165) is 28.6 Å². The molecule has 1 amide bonds. The van der Waals surface area contributed by atoms with E-state index in [1.807, 2.05) is 48.5 Å².